The molecule has 18 heavy (non-hydrogen) atoms. The molecule has 6 heteroatoms. The molecule has 2 amide bonds. The molecule has 0 heterocycles. The van der Waals surface area contributed by atoms with Crippen LogP contribution >= 0.6 is 15.9 Å². The molecule has 2 N–H and O–H groups in total. The van der Waals surface area contributed by atoms with Crippen molar-refractivity contribution < 1.29 is 14.0 Å². The van der Waals surface area contributed by atoms with Gasteiger partial charge < -0.3 is 10.6 Å². The standard InChI is InChI=1S/C12H14BrFN2O2/c1-7(2)16(6-11(15)17)12(18)8-3-4-10(14)9(13)5-8/h3-5,7H,6H2,1-2H3,(H2,15,17). The van der Waals surface area contributed by atoms with E-state index in [-0.39, 0.29) is 23.0 Å². The van der Waals surface area contributed by atoms with Crippen molar-refractivity contribution in [1.29, 1.82) is 0 Å². The quantitative estimate of drug-likeness (QED) is 0.922. The fraction of sp³-hybridized carbons (Fsp3) is 0.333. The van der Waals surface area contributed by atoms with E-state index in [9.17, 15) is 14.0 Å². The Labute approximate surface area is 113 Å². The van der Waals surface area contributed by atoms with Gasteiger partial charge >= 0.3 is 0 Å². The van der Waals surface area contributed by atoms with Crippen LogP contribution in [0.25, 0.3) is 0 Å². The summed E-state index contributed by atoms with van der Waals surface area (Å²) in [4.78, 5) is 24.4. The van der Waals surface area contributed by atoms with E-state index < -0.39 is 11.7 Å². The molecule has 0 aliphatic carbocycles. The second kappa shape index (κ2) is 5.95. The summed E-state index contributed by atoms with van der Waals surface area (Å²) in [7, 11) is 0. The highest BCUT2D eigenvalue weighted by Gasteiger charge is 2.21. The van der Waals surface area contributed by atoms with E-state index in [1.54, 1.807) is 13.8 Å². The molecule has 0 fully saturated rings. The predicted molar refractivity (Wildman–Crippen MR) is 69.5 cm³/mol. The van der Waals surface area contributed by atoms with Crippen molar-refractivity contribution >= 4 is 27.7 Å². The van der Waals surface area contributed by atoms with Crippen molar-refractivity contribution in [2.45, 2.75) is 19.9 Å². The SMILES string of the molecule is CC(C)N(CC(N)=O)C(=O)c1ccc(F)c(Br)c1. The molecule has 0 unspecified atom stereocenters. The normalized spacial score (nSPS) is 10.5. The van der Waals surface area contributed by atoms with E-state index in [0.29, 0.717) is 5.56 Å². The molecule has 0 aromatic heterocycles. The van der Waals surface area contributed by atoms with Crippen LogP contribution in [0.2, 0.25) is 0 Å². The summed E-state index contributed by atoms with van der Waals surface area (Å²) in [6.07, 6.45) is 0. The van der Waals surface area contributed by atoms with E-state index in [2.05, 4.69) is 15.9 Å². The van der Waals surface area contributed by atoms with Crippen molar-refractivity contribution in [2.75, 3.05) is 6.54 Å². The van der Waals surface area contributed by atoms with Crippen molar-refractivity contribution in [3.8, 4) is 0 Å². The molecule has 0 atom stereocenters. The topological polar surface area (TPSA) is 63.4 Å². The molecule has 0 aliphatic rings. The lowest BCUT2D eigenvalue weighted by atomic mass is 10.1. The Kier molecular flexibility index (Phi) is 4.84. The molecular formula is C12H14BrFN2O2. The Balaban J connectivity index is 3.02. The van der Waals surface area contributed by atoms with Gasteiger partial charge in [-0.3, -0.25) is 9.59 Å². The highest BCUT2D eigenvalue weighted by Crippen LogP contribution is 2.18. The Morgan fingerprint density at radius 2 is 2.06 bits per heavy atom. The Hall–Kier alpha value is -1.43. The van der Waals surface area contributed by atoms with Crippen LogP contribution < -0.4 is 5.73 Å². The lowest BCUT2D eigenvalue weighted by Crippen LogP contribution is -2.42. The lowest BCUT2D eigenvalue weighted by molar-refractivity contribution is -0.119. The lowest BCUT2D eigenvalue weighted by Gasteiger charge is -2.25. The molecular weight excluding hydrogens is 303 g/mol. The van der Waals surface area contributed by atoms with Crippen LogP contribution in [0, 0.1) is 5.82 Å². The maximum Gasteiger partial charge on any atom is 0.254 e. The highest BCUT2D eigenvalue weighted by atomic mass is 79.9. The van der Waals surface area contributed by atoms with Crippen LogP contribution in [0.4, 0.5) is 4.39 Å². The number of hydrogen-bond acceptors (Lipinski definition) is 2. The maximum absolute atomic E-state index is 13.1. The minimum Gasteiger partial charge on any atom is -0.368 e. The van der Waals surface area contributed by atoms with Gasteiger partial charge in [0.2, 0.25) is 5.91 Å². The predicted octanol–water partition coefficient (Wildman–Crippen LogP) is 1.92. The Morgan fingerprint density at radius 1 is 1.44 bits per heavy atom. The number of hydrogen-bond donors (Lipinski definition) is 1. The molecule has 0 bridgehead atoms. The fourth-order valence-corrected chi connectivity index (χ4v) is 1.83. The number of nitrogens with zero attached hydrogens (tertiary/aromatic N) is 1. The minimum atomic E-state index is -0.585. The van der Waals surface area contributed by atoms with Crippen LogP contribution in [0.15, 0.2) is 22.7 Å². The number of nitrogens with two attached hydrogens (primary N) is 1. The number of carbonyl (C=O) groups is 2. The number of primary amides is 1. The molecule has 0 spiro atoms. The Bertz CT molecular complexity index is 477. The van der Waals surface area contributed by atoms with E-state index in [4.69, 9.17) is 5.73 Å². The summed E-state index contributed by atoms with van der Waals surface area (Å²) in [5.41, 5.74) is 5.40. The average molecular weight is 317 g/mol. The number of halogens is 2. The first-order chi connectivity index (χ1) is 8.32. The van der Waals surface area contributed by atoms with Crippen molar-refractivity contribution in [2.24, 2.45) is 5.73 Å². The molecule has 0 saturated heterocycles. The van der Waals surface area contributed by atoms with Gasteiger partial charge in [-0.05, 0) is 48.0 Å². The van der Waals surface area contributed by atoms with Crippen molar-refractivity contribution in [3.05, 3.63) is 34.1 Å². The van der Waals surface area contributed by atoms with Crippen LogP contribution in [0.3, 0.4) is 0 Å². The molecule has 98 valence electrons. The molecule has 1 rings (SSSR count). The van der Waals surface area contributed by atoms with E-state index in [0.717, 1.165) is 0 Å². The average Bonchev–Trinajstić information content (AvgIpc) is 2.28. The second-order valence-electron chi connectivity index (χ2n) is 4.12. The monoisotopic (exact) mass is 316 g/mol. The summed E-state index contributed by atoms with van der Waals surface area (Å²) in [6.45, 7) is 3.39. The summed E-state index contributed by atoms with van der Waals surface area (Å²) in [5, 5.41) is 0. The van der Waals surface area contributed by atoms with Gasteiger partial charge in [-0.25, -0.2) is 4.39 Å². The van der Waals surface area contributed by atoms with Crippen molar-refractivity contribution in [1.82, 2.24) is 4.90 Å². The van der Waals surface area contributed by atoms with Crippen LogP contribution in [0.1, 0.15) is 24.2 Å². The third kappa shape index (κ3) is 3.53. The number of benzene rings is 1. The second-order valence-corrected chi connectivity index (χ2v) is 4.98. The fourth-order valence-electron chi connectivity index (χ4n) is 1.45. The van der Waals surface area contributed by atoms with Crippen LogP contribution in [0.5, 0.6) is 0 Å². The summed E-state index contributed by atoms with van der Waals surface area (Å²) in [6, 6.07) is 3.78. The van der Waals surface area contributed by atoms with Gasteiger partial charge in [-0.2, -0.15) is 0 Å². The summed E-state index contributed by atoms with van der Waals surface area (Å²) >= 11 is 3.01. The number of rotatable bonds is 4. The van der Waals surface area contributed by atoms with Gasteiger partial charge in [0.1, 0.15) is 5.82 Å². The first kappa shape index (κ1) is 14.6. The molecule has 4 nitrogen and oxygen atoms in total. The molecule has 1 aromatic carbocycles. The van der Waals surface area contributed by atoms with Crippen molar-refractivity contribution in [3.63, 3.8) is 0 Å². The minimum absolute atomic E-state index is 0.161. The number of carbonyl (C=O) groups excluding carboxylic acids is 2. The maximum atomic E-state index is 13.1. The first-order valence-electron chi connectivity index (χ1n) is 5.37. The Morgan fingerprint density at radius 3 is 2.50 bits per heavy atom. The highest BCUT2D eigenvalue weighted by molar-refractivity contribution is 9.10. The molecule has 1 aromatic rings. The van der Waals surface area contributed by atoms with E-state index in [1.807, 2.05) is 0 Å². The molecule has 0 saturated carbocycles. The molecule has 0 radical (unpaired) electrons. The largest absolute Gasteiger partial charge is 0.368 e. The van der Waals surface area contributed by atoms with Gasteiger partial charge in [0.15, 0.2) is 0 Å². The third-order valence-corrected chi connectivity index (χ3v) is 2.98. The van der Waals surface area contributed by atoms with E-state index >= 15 is 0 Å². The van der Waals surface area contributed by atoms with Crippen LogP contribution in [-0.4, -0.2) is 29.3 Å². The zero-order valence-corrected chi connectivity index (χ0v) is 11.7. The van der Waals surface area contributed by atoms with Gasteiger partial charge in [0.25, 0.3) is 5.91 Å². The van der Waals surface area contributed by atoms with Gasteiger partial charge in [0.05, 0.1) is 11.0 Å². The zero-order chi connectivity index (χ0) is 13.9. The smallest absolute Gasteiger partial charge is 0.254 e. The molecule has 0 aliphatic heterocycles. The zero-order valence-electron chi connectivity index (χ0n) is 10.1. The first-order valence-corrected chi connectivity index (χ1v) is 6.16. The third-order valence-electron chi connectivity index (χ3n) is 2.38. The number of amides is 2. The summed E-state index contributed by atoms with van der Waals surface area (Å²) in [5.74, 6) is -1.39. The van der Waals surface area contributed by atoms with Crippen LogP contribution in [-0.2, 0) is 4.79 Å². The van der Waals surface area contributed by atoms with Gasteiger partial charge in [-0.15, -0.1) is 0 Å². The van der Waals surface area contributed by atoms with Gasteiger partial charge in [-0.1, -0.05) is 0 Å². The van der Waals surface area contributed by atoms with E-state index in [1.165, 1.54) is 23.1 Å². The van der Waals surface area contributed by atoms with Gasteiger partial charge in [0, 0.05) is 11.6 Å². The summed E-state index contributed by atoms with van der Waals surface area (Å²) < 4.78 is 13.3.